The fraction of sp³-hybridized carbons (Fsp3) is 1.00. The Hall–Kier alpha value is -0.0800. The van der Waals surface area contributed by atoms with Gasteiger partial charge in [-0.3, -0.25) is 0 Å². The molecule has 2 aliphatic carbocycles. The molecule has 1 spiro atoms. The summed E-state index contributed by atoms with van der Waals surface area (Å²) < 4.78 is 6.44. The molecule has 1 atom stereocenters. The standard InChI is InChI=1S/C15H27NO/c16-12-14(6-1-2-7-14)11-13-5-10-15(17-13)8-3-4-9-15/h13H,1-12,16H2. The van der Waals surface area contributed by atoms with E-state index in [1.807, 2.05) is 0 Å². The first-order valence-electron chi connectivity index (χ1n) is 7.64. The van der Waals surface area contributed by atoms with Crippen molar-refractivity contribution >= 4 is 0 Å². The molecule has 0 bridgehead atoms. The third-order valence-electron chi connectivity index (χ3n) is 5.61. The van der Waals surface area contributed by atoms with Crippen LogP contribution in [0.25, 0.3) is 0 Å². The molecule has 1 aliphatic heterocycles. The Bertz CT molecular complexity index is 264. The summed E-state index contributed by atoms with van der Waals surface area (Å²) in [6.07, 6.45) is 15.2. The molecule has 98 valence electrons. The summed E-state index contributed by atoms with van der Waals surface area (Å²) in [6, 6.07) is 0. The summed E-state index contributed by atoms with van der Waals surface area (Å²) in [7, 11) is 0. The topological polar surface area (TPSA) is 35.2 Å². The first kappa shape index (κ1) is 12.0. The van der Waals surface area contributed by atoms with Crippen molar-refractivity contribution in [1.82, 2.24) is 0 Å². The van der Waals surface area contributed by atoms with Crippen molar-refractivity contribution < 1.29 is 4.74 Å². The zero-order valence-electron chi connectivity index (χ0n) is 11.0. The van der Waals surface area contributed by atoms with E-state index in [1.165, 1.54) is 70.6 Å². The van der Waals surface area contributed by atoms with Gasteiger partial charge in [-0.1, -0.05) is 25.7 Å². The minimum Gasteiger partial charge on any atom is -0.372 e. The maximum absolute atomic E-state index is 6.44. The van der Waals surface area contributed by atoms with Gasteiger partial charge in [0, 0.05) is 0 Å². The van der Waals surface area contributed by atoms with Gasteiger partial charge in [-0.15, -0.1) is 0 Å². The summed E-state index contributed by atoms with van der Waals surface area (Å²) in [5.41, 5.74) is 6.78. The summed E-state index contributed by atoms with van der Waals surface area (Å²) >= 11 is 0. The van der Waals surface area contributed by atoms with E-state index < -0.39 is 0 Å². The second kappa shape index (κ2) is 4.55. The second-order valence-corrected chi connectivity index (χ2v) is 6.78. The highest BCUT2D eigenvalue weighted by molar-refractivity contribution is 4.96. The molecule has 1 saturated heterocycles. The van der Waals surface area contributed by atoms with Gasteiger partial charge >= 0.3 is 0 Å². The predicted molar refractivity (Wildman–Crippen MR) is 69.9 cm³/mol. The lowest BCUT2D eigenvalue weighted by Gasteiger charge is -2.31. The van der Waals surface area contributed by atoms with Crippen LogP contribution >= 0.6 is 0 Å². The summed E-state index contributed by atoms with van der Waals surface area (Å²) in [5.74, 6) is 0. The number of hydrogen-bond acceptors (Lipinski definition) is 2. The average molecular weight is 237 g/mol. The van der Waals surface area contributed by atoms with Gasteiger partial charge in [-0.2, -0.15) is 0 Å². The highest BCUT2D eigenvalue weighted by Gasteiger charge is 2.45. The molecule has 0 aromatic rings. The monoisotopic (exact) mass is 237 g/mol. The minimum atomic E-state index is 0.305. The maximum Gasteiger partial charge on any atom is 0.0687 e. The van der Waals surface area contributed by atoms with Crippen LogP contribution in [0.5, 0.6) is 0 Å². The third kappa shape index (κ3) is 2.26. The Balaban J connectivity index is 1.59. The van der Waals surface area contributed by atoms with E-state index in [1.54, 1.807) is 0 Å². The first-order valence-corrected chi connectivity index (χ1v) is 7.64. The summed E-state index contributed by atoms with van der Waals surface area (Å²) in [5, 5.41) is 0. The molecule has 3 fully saturated rings. The SMILES string of the molecule is NCC1(CC2CCC3(CCCC3)O2)CCCC1. The van der Waals surface area contributed by atoms with E-state index in [9.17, 15) is 0 Å². The van der Waals surface area contributed by atoms with E-state index in [0.29, 0.717) is 17.1 Å². The van der Waals surface area contributed by atoms with E-state index >= 15 is 0 Å². The Labute approximate surface area is 105 Å². The Morgan fingerprint density at radius 3 is 2.24 bits per heavy atom. The van der Waals surface area contributed by atoms with Crippen molar-refractivity contribution in [3.05, 3.63) is 0 Å². The summed E-state index contributed by atoms with van der Waals surface area (Å²) in [4.78, 5) is 0. The van der Waals surface area contributed by atoms with Crippen molar-refractivity contribution in [2.24, 2.45) is 11.1 Å². The Kier molecular flexibility index (Phi) is 3.20. The molecular formula is C15H27NO. The molecule has 2 nitrogen and oxygen atoms in total. The van der Waals surface area contributed by atoms with Gasteiger partial charge in [0.25, 0.3) is 0 Å². The molecule has 3 rings (SSSR count). The third-order valence-corrected chi connectivity index (χ3v) is 5.61. The van der Waals surface area contributed by atoms with Crippen LogP contribution in [0.1, 0.15) is 70.6 Å². The predicted octanol–water partition coefficient (Wildman–Crippen LogP) is 3.39. The van der Waals surface area contributed by atoms with E-state index in [4.69, 9.17) is 10.5 Å². The fourth-order valence-electron chi connectivity index (χ4n) is 4.53. The largest absolute Gasteiger partial charge is 0.372 e. The Morgan fingerprint density at radius 2 is 1.59 bits per heavy atom. The lowest BCUT2D eigenvalue weighted by Crippen LogP contribution is -2.33. The van der Waals surface area contributed by atoms with Crippen LogP contribution < -0.4 is 5.73 Å². The molecule has 17 heavy (non-hydrogen) atoms. The van der Waals surface area contributed by atoms with Gasteiger partial charge in [-0.05, 0) is 56.9 Å². The molecular weight excluding hydrogens is 210 g/mol. The van der Waals surface area contributed by atoms with Crippen LogP contribution in [0.15, 0.2) is 0 Å². The fourth-order valence-corrected chi connectivity index (χ4v) is 4.53. The maximum atomic E-state index is 6.44. The van der Waals surface area contributed by atoms with Gasteiger partial charge in [0.2, 0.25) is 0 Å². The van der Waals surface area contributed by atoms with Crippen molar-refractivity contribution in [2.75, 3.05) is 6.54 Å². The van der Waals surface area contributed by atoms with Crippen molar-refractivity contribution in [1.29, 1.82) is 0 Å². The van der Waals surface area contributed by atoms with Crippen LogP contribution in [0, 0.1) is 5.41 Å². The Morgan fingerprint density at radius 1 is 0.941 bits per heavy atom. The van der Waals surface area contributed by atoms with Gasteiger partial charge in [0.1, 0.15) is 0 Å². The van der Waals surface area contributed by atoms with Gasteiger partial charge in [-0.25, -0.2) is 0 Å². The molecule has 2 saturated carbocycles. The number of rotatable bonds is 3. The average Bonchev–Trinajstić information content (AvgIpc) is 3.04. The number of hydrogen-bond donors (Lipinski definition) is 1. The van der Waals surface area contributed by atoms with Crippen molar-refractivity contribution in [3.63, 3.8) is 0 Å². The first-order chi connectivity index (χ1) is 8.26. The normalized spacial score (nSPS) is 34.8. The molecule has 3 aliphatic rings. The van der Waals surface area contributed by atoms with E-state index in [0.717, 1.165) is 6.54 Å². The zero-order valence-corrected chi connectivity index (χ0v) is 11.0. The molecule has 0 aromatic heterocycles. The lowest BCUT2D eigenvalue weighted by atomic mass is 9.80. The van der Waals surface area contributed by atoms with Crippen molar-refractivity contribution in [2.45, 2.75) is 82.3 Å². The van der Waals surface area contributed by atoms with Crippen LogP contribution in [0.2, 0.25) is 0 Å². The van der Waals surface area contributed by atoms with Crippen LogP contribution in [0.4, 0.5) is 0 Å². The minimum absolute atomic E-state index is 0.305. The van der Waals surface area contributed by atoms with Gasteiger partial charge in [0.15, 0.2) is 0 Å². The molecule has 2 N–H and O–H groups in total. The van der Waals surface area contributed by atoms with Gasteiger partial charge < -0.3 is 10.5 Å². The van der Waals surface area contributed by atoms with Crippen molar-refractivity contribution in [3.8, 4) is 0 Å². The van der Waals surface area contributed by atoms with Gasteiger partial charge in [0.05, 0.1) is 11.7 Å². The van der Waals surface area contributed by atoms with E-state index in [2.05, 4.69) is 0 Å². The molecule has 2 heteroatoms. The smallest absolute Gasteiger partial charge is 0.0687 e. The second-order valence-electron chi connectivity index (χ2n) is 6.78. The summed E-state index contributed by atoms with van der Waals surface area (Å²) in [6.45, 7) is 0.875. The molecule has 0 amide bonds. The van der Waals surface area contributed by atoms with E-state index in [-0.39, 0.29) is 0 Å². The number of ether oxygens (including phenoxy) is 1. The quantitative estimate of drug-likeness (QED) is 0.816. The van der Waals surface area contributed by atoms with Crippen LogP contribution in [-0.4, -0.2) is 18.2 Å². The lowest BCUT2D eigenvalue weighted by molar-refractivity contribution is -0.0523. The zero-order chi connectivity index (χ0) is 11.8. The highest BCUT2D eigenvalue weighted by atomic mass is 16.5. The van der Waals surface area contributed by atoms with Crippen LogP contribution in [-0.2, 0) is 4.74 Å². The number of nitrogens with two attached hydrogens (primary N) is 1. The molecule has 0 aromatic carbocycles. The highest BCUT2D eigenvalue weighted by Crippen LogP contribution is 2.48. The molecule has 1 unspecified atom stereocenters. The van der Waals surface area contributed by atoms with Crippen LogP contribution in [0.3, 0.4) is 0 Å². The molecule has 0 radical (unpaired) electrons. The molecule has 1 heterocycles.